The highest BCUT2D eigenvalue weighted by Crippen LogP contribution is 2.25. The molecule has 0 bridgehead atoms. The Morgan fingerprint density at radius 2 is 2.00 bits per heavy atom. The fourth-order valence-electron chi connectivity index (χ4n) is 3.00. The summed E-state index contributed by atoms with van der Waals surface area (Å²) in [5.74, 6) is 0.357. The van der Waals surface area contributed by atoms with E-state index in [1.807, 2.05) is 29.2 Å². The van der Waals surface area contributed by atoms with E-state index in [0.717, 1.165) is 18.8 Å². The quantitative estimate of drug-likeness (QED) is 0.948. The molecule has 0 aliphatic carbocycles. The second-order valence-corrected chi connectivity index (χ2v) is 6.52. The molecule has 23 heavy (non-hydrogen) atoms. The zero-order valence-electron chi connectivity index (χ0n) is 14.0. The molecular formula is C18H24N4O. The second kappa shape index (κ2) is 6.54. The second-order valence-electron chi connectivity index (χ2n) is 6.52. The van der Waals surface area contributed by atoms with Crippen molar-refractivity contribution in [1.29, 1.82) is 0 Å². The summed E-state index contributed by atoms with van der Waals surface area (Å²) in [5.41, 5.74) is 2.77. The number of carbonyl (C=O) groups is 1. The SMILES string of the molecule is CC(C)c1cc(C(=O)N2CCN(C)C(c3ccccc3)C2)n[nH]1. The molecule has 5 nitrogen and oxygen atoms in total. The molecule has 0 saturated carbocycles. The van der Waals surface area contributed by atoms with Gasteiger partial charge in [0.15, 0.2) is 0 Å². The largest absolute Gasteiger partial charge is 0.334 e. The zero-order chi connectivity index (χ0) is 16.4. The van der Waals surface area contributed by atoms with E-state index in [9.17, 15) is 4.79 Å². The first-order valence-electron chi connectivity index (χ1n) is 8.16. The van der Waals surface area contributed by atoms with Gasteiger partial charge in [0.1, 0.15) is 5.69 Å². The first-order chi connectivity index (χ1) is 11.1. The van der Waals surface area contributed by atoms with Crippen molar-refractivity contribution in [3.05, 3.63) is 53.3 Å². The summed E-state index contributed by atoms with van der Waals surface area (Å²) < 4.78 is 0. The summed E-state index contributed by atoms with van der Waals surface area (Å²) in [5, 5.41) is 7.17. The van der Waals surface area contributed by atoms with Crippen molar-refractivity contribution in [1.82, 2.24) is 20.0 Å². The Kier molecular flexibility index (Phi) is 4.48. The van der Waals surface area contributed by atoms with E-state index in [0.29, 0.717) is 18.2 Å². The predicted molar refractivity (Wildman–Crippen MR) is 90.4 cm³/mol. The Balaban J connectivity index is 1.76. The van der Waals surface area contributed by atoms with Crippen molar-refractivity contribution in [2.75, 3.05) is 26.7 Å². The summed E-state index contributed by atoms with van der Waals surface area (Å²) in [7, 11) is 2.12. The highest BCUT2D eigenvalue weighted by molar-refractivity contribution is 5.92. The van der Waals surface area contributed by atoms with Crippen molar-refractivity contribution in [2.45, 2.75) is 25.8 Å². The Labute approximate surface area is 137 Å². The molecule has 1 N–H and O–H groups in total. The van der Waals surface area contributed by atoms with Gasteiger partial charge in [-0.15, -0.1) is 0 Å². The lowest BCUT2D eigenvalue weighted by molar-refractivity contribution is 0.0540. The molecule has 0 spiro atoms. The minimum atomic E-state index is 0.0159. The van der Waals surface area contributed by atoms with E-state index in [-0.39, 0.29) is 11.9 Å². The number of H-pyrrole nitrogens is 1. The predicted octanol–water partition coefficient (Wildman–Crippen LogP) is 2.66. The van der Waals surface area contributed by atoms with Gasteiger partial charge < -0.3 is 4.90 Å². The molecule has 122 valence electrons. The highest BCUT2D eigenvalue weighted by atomic mass is 16.2. The van der Waals surface area contributed by atoms with Gasteiger partial charge in [0.05, 0.1) is 6.04 Å². The van der Waals surface area contributed by atoms with Gasteiger partial charge in [0.25, 0.3) is 5.91 Å². The number of likely N-dealkylation sites (N-methyl/N-ethyl adjacent to an activating group) is 1. The number of nitrogens with one attached hydrogen (secondary N) is 1. The molecule has 1 atom stereocenters. The number of rotatable bonds is 3. The number of benzene rings is 1. The number of hydrogen-bond donors (Lipinski definition) is 1. The minimum Gasteiger partial charge on any atom is -0.334 e. The van der Waals surface area contributed by atoms with Gasteiger partial charge in [-0.25, -0.2) is 0 Å². The normalized spacial score (nSPS) is 19.3. The molecule has 1 unspecified atom stereocenters. The van der Waals surface area contributed by atoms with Crippen LogP contribution in [-0.4, -0.2) is 52.6 Å². The van der Waals surface area contributed by atoms with Crippen molar-refractivity contribution in [2.24, 2.45) is 0 Å². The van der Waals surface area contributed by atoms with Gasteiger partial charge in [0.2, 0.25) is 0 Å². The van der Waals surface area contributed by atoms with Gasteiger partial charge in [-0.05, 0) is 24.6 Å². The summed E-state index contributed by atoms with van der Waals surface area (Å²) in [6.45, 7) is 6.48. The van der Waals surface area contributed by atoms with E-state index in [2.05, 4.69) is 48.1 Å². The molecule has 0 radical (unpaired) electrons. The van der Waals surface area contributed by atoms with Crippen LogP contribution in [0.25, 0.3) is 0 Å². The smallest absolute Gasteiger partial charge is 0.274 e. The van der Waals surface area contributed by atoms with Crippen LogP contribution in [0.5, 0.6) is 0 Å². The summed E-state index contributed by atoms with van der Waals surface area (Å²) >= 11 is 0. The molecule has 1 aliphatic heterocycles. The lowest BCUT2D eigenvalue weighted by Gasteiger charge is -2.39. The molecule has 5 heteroatoms. The van der Waals surface area contributed by atoms with Crippen LogP contribution in [0.15, 0.2) is 36.4 Å². The van der Waals surface area contributed by atoms with Crippen LogP contribution in [0.2, 0.25) is 0 Å². The average molecular weight is 312 g/mol. The minimum absolute atomic E-state index is 0.0159. The third-order valence-corrected chi connectivity index (χ3v) is 4.56. The fraction of sp³-hybridized carbons (Fsp3) is 0.444. The molecule has 3 rings (SSSR count). The maximum atomic E-state index is 12.7. The summed E-state index contributed by atoms with van der Waals surface area (Å²) in [6, 6.07) is 12.5. The standard InChI is InChI=1S/C18H24N4O/c1-13(2)15-11-16(20-19-15)18(23)22-10-9-21(3)17(12-22)14-7-5-4-6-8-14/h4-8,11,13,17H,9-10,12H2,1-3H3,(H,19,20). The van der Waals surface area contributed by atoms with Crippen molar-refractivity contribution in [3.63, 3.8) is 0 Å². The number of carbonyl (C=O) groups excluding carboxylic acids is 1. The number of piperazine rings is 1. The number of amides is 1. The molecule has 2 aromatic rings. The van der Waals surface area contributed by atoms with Crippen LogP contribution in [0.1, 0.15) is 47.6 Å². The maximum Gasteiger partial charge on any atom is 0.274 e. The van der Waals surface area contributed by atoms with Crippen molar-refractivity contribution >= 4 is 5.91 Å². The summed E-state index contributed by atoms with van der Waals surface area (Å²) in [6.07, 6.45) is 0. The van der Waals surface area contributed by atoms with E-state index in [1.165, 1.54) is 5.56 Å². The van der Waals surface area contributed by atoms with Gasteiger partial charge in [-0.2, -0.15) is 5.10 Å². The van der Waals surface area contributed by atoms with Gasteiger partial charge in [0, 0.05) is 25.3 Å². The molecule has 1 aromatic heterocycles. The molecule has 1 aromatic carbocycles. The molecule has 1 fully saturated rings. The van der Waals surface area contributed by atoms with Crippen LogP contribution in [0, 0.1) is 0 Å². The third kappa shape index (κ3) is 3.29. The van der Waals surface area contributed by atoms with Gasteiger partial charge >= 0.3 is 0 Å². The van der Waals surface area contributed by atoms with Crippen LogP contribution in [0.3, 0.4) is 0 Å². The van der Waals surface area contributed by atoms with Gasteiger partial charge in [-0.1, -0.05) is 44.2 Å². The third-order valence-electron chi connectivity index (χ3n) is 4.56. The number of hydrogen-bond acceptors (Lipinski definition) is 3. The Bertz CT molecular complexity index is 665. The Morgan fingerprint density at radius 1 is 1.26 bits per heavy atom. The van der Waals surface area contributed by atoms with E-state index in [1.54, 1.807) is 0 Å². The molecular weight excluding hydrogens is 288 g/mol. The first kappa shape index (κ1) is 15.7. The topological polar surface area (TPSA) is 52.2 Å². The average Bonchev–Trinajstić information content (AvgIpc) is 3.06. The fourth-order valence-corrected chi connectivity index (χ4v) is 3.00. The molecule has 1 saturated heterocycles. The van der Waals surface area contributed by atoms with Crippen LogP contribution >= 0.6 is 0 Å². The number of aromatic nitrogens is 2. The van der Waals surface area contributed by atoms with Crippen LogP contribution < -0.4 is 0 Å². The van der Waals surface area contributed by atoms with Gasteiger partial charge in [-0.3, -0.25) is 14.8 Å². The lowest BCUT2D eigenvalue weighted by Crippen LogP contribution is -2.49. The van der Waals surface area contributed by atoms with Crippen molar-refractivity contribution in [3.8, 4) is 0 Å². The van der Waals surface area contributed by atoms with E-state index in [4.69, 9.17) is 0 Å². The number of nitrogens with zero attached hydrogens (tertiary/aromatic N) is 3. The van der Waals surface area contributed by atoms with Crippen molar-refractivity contribution < 1.29 is 4.79 Å². The lowest BCUT2D eigenvalue weighted by atomic mass is 10.0. The van der Waals surface area contributed by atoms with Crippen LogP contribution in [0.4, 0.5) is 0 Å². The maximum absolute atomic E-state index is 12.7. The van der Waals surface area contributed by atoms with E-state index >= 15 is 0 Å². The number of aromatic amines is 1. The first-order valence-corrected chi connectivity index (χ1v) is 8.16. The monoisotopic (exact) mass is 312 g/mol. The highest BCUT2D eigenvalue weighted by Gasteiger charge is 2.29. The zero-order valence-corrected chi connectivity index (χ0v) is 14.0. The Morgan fingerprint density at radius 3 is 2.65 bits per heavy atom. The molecule has 1 amide bonds. The molecule has 1 aliphatic rings. The molecule has 2 heterocycles. The Hall–Kier alpha value is -2.14. The summed E-state index contributed by atoms with van der Waals surface area (Å²) in [4.78, 5) is 17.0. The van der Waals surface area contributed by atoms with Crippen LogP contribution in [-0.2, 0) is 0 Å². The van der Waals surface area contributed by atoms with E-state index < -0.39 is 0 Å².